The Labute approximate surface area is 154 Å². The first-order valence-electron chi connectivity index (χ1n) is 7.95. The fraction of sp³-hybridized carbons (Fsp3) is 0.105. The van der Waals surface area contributed by atoms with Crippen molar-refractivity contribution in [2.24, 2.45) is 5.73 Å². The van der Waals surface area contributed by atoms with Gasteiger partial charge in [0.05, 0.1) is 0 Å². The molecule has 0 amide bonds. The Morgan fingerprint density at radius 3 is 2.44 bits per heavy atom. The first-order valence-corrected chi connectivity index (χ1v) is 8.83. The average molecular weight is 390 g/mol. The molecular formula is C19H13F3N2O2S. The second-order valence-corrected chi connectivity index (χ2v) is 7.06. The summed E-state index contributed by atoms with van der Waals surface area (Å²) in [4.78, 5) is 15.0. The number of alkyl halides is 3. The van der Waals surface area contributed by atoms with Gasteiger partial charge in [0.1, 0.15) is 16.5 Å². The number of nitrogens with one attached hydrogen (secondary N) is 1. The molecule has 1 unspecified atom stereocenters. The summed E-state index contributed by atoms with van der Waals surface area (Å²) in [5.41, 5.74) is 6.45. The van der Waals surface area contributed by atoms with E-state index >= 15 is 0 Å². The Morgan fingerprint density at radius 1 is 1.07 bits per heavy atom. The van der Waals surface area contributed by atoms with Crippen LogP contribution in [0.5, 0.6) is 5.75 Å². The number of pyridine rings is 1. The number of phenols is 1. The molecule has 0 saturated carbocycles. The van der Waals surface area contributed by atoms with Crippen molar-refractivity contribution in [2.75, 3.05) is 0 Å². The van der Waals surface area contributed by atoms with Crippen LogP contribution in [0.15, 0.2) is 52.6 Å². The monoisotopic (exact) mass is 390 g/mol. The van der Waals surface area contributed by atoms with Crippen LogP contribution in [0.25, 0.3) is 32.1 Å². The third kappa shape index (κ3) is 2.87. The predicted octanol–water partition coefficient (Wildman–Crippen LogP) is 4.68. The smallest absolute Gasteiger partial charge is 0.407 e. The molecule has 0 bridgehead atoms. The zero-order valence-corrected chi connectivity index (χ0v) is 14.5. The van der Waals surface area contributed by atoms with Gasteiger partial charge in [-0.1, -0.05) is 24.3 Å². The molecule has 4 nitrogen and oxygen atoms in total. The lowest BCUT2D eigenvalue weighted by atomic mass is 9.95. The molecule has 4 rings (SSSR count). The van der Waals surface area contributed by atoms with E-state index in [2.05, 4.69) is 4.98 Å². The van der Waals surface area contributed by atoms with Crippen molar-refractivity contribution in [2.45, 2.75) is 12.2 Å². The maximum Gasteiger partial charge on any atom is 0.407 e. The largest absolute Gasteiger partial charge is 0.507 e. The van der Waals surface area contributed by atoms with E-state index in [0.717, 1.165) is 0 Å². The van der Waals surface area contributed by atoms with E-state index in [1.165, 1.54) is 41.7 Å². The second-order valence-electron chi connectivity index (χ2n) is 6.14. The molecule has 8 heteroatoms. The molecule has 4 N–H and O–H groups in total. The molecule has 0 fully saturated rings. The van der Waals surface area contributed by atoms with E-state index in [4.69, 9.17) is 5.73 Å². The average Bonchev–Trinajstić information content (AvgIpc) is 3.12. The molecule has 138 valence electrons. The number of benzene rings is 2. The Balaban J connectivity index is 1.95. The van der Waals surface area contributed by atoms with E-state index in [9.17, 15) is 23.1 Å². The fourth-order valence-electron chi connectivity index (χ4n) is 3.17. The highest BCUT2D eigenvalue weighted by Crippen LogP contribution is 2.40. The summed E-state index contributed by atoms with van der Waals surface area (Å²) in [5.74, 6) is -0.0325. The van der Waals surface area contributed by atoms with Crippen LogP contribution in [-0.2, 0) is 0 Å². The van der Waals surface area contributed by atoms with Crippen molar-refractivity contribution < 1.29 is 18.3 Å². The normalized spacial score (nSPS) is 13.3. The van der Waals surface area contributed by atoms with Crippen LogP contribution in [0.2, 0.25) is 0 Å². The van der Waals surface area contributed by atoms with Crippen molar-refractivity contribution in [3.63, 3.8) is 0 Å². The van der Waals surface area contributed by atoms with Crippen molar-refractivity contribution in [1.82, 2.24) is 4.98 Å². The minimum Gasteiger partial charge on any atom is -0.507 e. The Morgan fingerprint density at radius 2 is 1.78 bits per heavy atom. The van der Waals surface area contributed by atoms with E-state index in [1.54, 1.807) is 17.5 Å². The molecule has 0 spiro atoms. The van der Waals surface area contributed by atoms with E-state index in [-0.39, 0.29) is 16.9 Å². The number of hydrogen-bond donors (Lipinski definition) is 3. The predicted molar refractivity (Wildman–Crippen MR) is 100 cm³/mol. The molecule has 0 aliphatic rings. The van der Waals surface area contributed by atoms with Gasteiger partial charge < -0.3 is 15.8 Å². The summed E-state index contributed by atoms with van der Waals surface area (Å²) >= 11 is 1.28. The Kier molecular flexibility index (Phi) is 3.97. The van der Waals surface area contributed by atoms with E-state index in [1.807, 2.05) is 0 Å². The highest BCUT2D eigenvalue weighted by atomic mass is 32.1. The van der Waals surface area contributed by atoms with Crippen LogP contribution in [0.1, 0.15) is 11.6 Å². The number of thiophene rings is 1. The standard InChI is InChI=1S/C19H13F3N2O2S/c20-19(21,22)17(23)10-3-1-9(2-4-10)14-13(25)6-5-12-15(14)11-7-8-27-16(11)18(26)24-12/h1-8,17,25H,23H2,(H,24,26). The number of nitrogens with two attached hydrogens (primary N) is 1. The van der Waals surface area contributed by atoms with E-state index in [0.29, 0.717) is 32.1 Å². The minimum absolute atomic E-state index is 0.0325. The van der Waals surface area contributed by atoms with Crippen LogP contribution in [0.3, 0.4) is 0 Å². The zero-order chi connectivity index (χ0) is 19.3. The molecule has 2 aromatic carbocycles. The highest BCUT2D eigenvalue weighted by molar-refractivity contribution is 7.17. The van der Waals surface area contributed by atoms with Crippen molar-refractivity contribution in [3.05, 3.63) is 63.8 Å². The number of aromatic nitrogens is 1. The lowest BCUT2D eigenvalue weighted by molar-refractivity contribution is -0.149. The molecule has 2 heterocycles. The molecule has 0 aliphatic heterocycles. The summed E-state index contributed by atoms with van der Waals surface area (Å²) < 4.78 is 38.9. The zero-order valence-electron chi connectivity index (χ0n) is 13.7. The fourth-order valence-corrected chi connectivity index (χ4v) is 3.97. The third-order valence-electron chi connectivity index (χ3n) is 4.48. The van der Waals surface area contributed by atoms with Crippen LogP contribution >= 0.6 is 11.3 Å². The van der Waals surface area contributed by atoms with Gasteiger partial charge in [0, 0.05) is 21.9 Å². The van der Waals surface area contributed by atoms with Crippen molar-refractivity contribution >= 4 is 32.3 Å². The lowest BCUT2D eigenvalue weighted by Crippen LogP contribution is -2.28. The minimum atomic E-state index is -4.54. The van der Waals surface area contributed by atoms with Gasteiger partial charge in [0.15, 0.2) is 0 Å². The molecule has 0 saturated heterocycles. The van der Waals surface area contributed by atoms with Gasteiger partial charge in [0.25, 0.3) is 5.56 Å². The number of H-pyrrole nitrogens is 1. The number of aromatic hydroxyl groups is 1. The van der Waals surface area contributed by atoms with Gasteiger partial charge in [-0.2, -0.15) is 13.2 Å². The third-order valence-corrected chi connectivity index (χ3v) is 5.40. The van der Waals surface area contributed by atoms with Crippen LogP contribution in [0.4, 0.5) is 13.2 Å². The lowest BCUT2D eigenvalue weighted by Gasteiger charge is -2.16. The number of halogens is 3. The summed E-state index contributed by atoms with van der Waals surface area (Å²) in [6.45, 7) is 0. The molecule has 0 aliphatic carbocycles. The van der Waals surface area contributed by atoms with Gasteiger partial charge in [-0.3, -0.25) is 4.79 Å². The first-order chi connectivity index (χ1) is 12.8. The maximum absolute atomic E-state index is 12.8. The molecule has 0 radical (unpaired) electrons. The number of hydrogen-bond acceptors (Lipinski definition) is 4. The summed E-state index contributed by atoms with van der Waals surface area (Å²) in [6.07, 6.45) is -4.54. The number of phenolic OH excluding ortho intramolecular Hbond substituents is 1. The first kappa shape index (κ1) is 17.6. The van der Waals surface area contributed by atoms with E-state index < -0.39 is 12.2 Å². The van der Waals surface area contributed by atoms with Crippen LogP contribution in [-0.4, -0.2) is 16.3 Å². The van der Waals surface area contributed by atoms with Gasteiger partial charge in [-0.25, -0.2) is 0 Å². The van der Waals surface area contributed by atoms with Gasteiger partial charge in [0.2, 0.25) is 0 Å². The Bertz CT molecular complexity index is 1210. The number of rotatable bonds is 2. The quantitative estimate of drug-likeness (QED) is 0.465. The van der Waals surface area contributed by atoms with Gasteiger partial charge >= 0.3 is 6.18 Å². The number of aromatic amines is 1. The maximum atomic E-state index is 12.8. The summed E-state index contributed by atoms with van der Waals surface area (Å²) in [7, 11) is 0. The van der Waals surface area contributed by atoms with Crippen LogP contribution < -0.4 is 11.3 Å². The van der Waals surface area contributed by atoms with Gasteiger partial charge in [-0.15, -0.1) is 11.3 Å². The van der Waals surface area contributed by atoms with Crippen molar-refractivity contribution in [1.29, 1.82) is 0 Å². The van der Waals surface area contributed by atoms with Gasteiger partial charge in [-0.05, 0) is 34.7 Å². The van der Waals surface area contributed by atoms with Crippen molar-refractivity contribution in [3.8, 4) is 16.9 Å². The second kappa shape index (κ2) is 6.11. The molecule has 27 heavy (non-hydrogen) atoms. The Hall–Kier alpha value is -2.84. The molecule has 1 atom stereocenters. The molecule has 2 aromatic heterocycles. The van der Waals surface area contributed by atoms with Crippen LogP contribution in [0, 0.1) is 0 Å². The number of fused-ring (bicyclic) bond motifs is 3. The topological polar surface area (TPSA) is 79.1 Å². The highest BCUT2D eigenvalue weighted by Gasteiger charge is 2.37. The SMILES string of the molecule is NC(c1ccc(-c2c(O)ccc3[nH]c(=O)c4sccc4c23)cc1)C(F)(F)F. The molecular weight excluding hydrogens is 377 g/mol. The summed E-state index contributed by atoms with van der Waals surface area (Å²) in [5, 5.41) is 13.5. The summed E-state index contributed by atoms with van der Waals surface area (Å²) in [6, 6.07) is 8.31. The molecule has 4 aromatic rings.